The van der Waals surface area contributed by atoms with E-state index < -0.39 is 5.91 Å². The van der Waals surface area contributed by atoms with Crippen molar-refractivity contribution in [2.45, 2.75) is 0 Å². The van der Waals surface area contributed by atoms with E-state index in [2.05, 4.69) is 25.1 Å². The number of halogens is 2. The Morgan fingerprint density at radius 2 is 2.19 bits per heavy atom. The molecule has 82 valence electrons. The van der Waals surface area contributed by atoms with Gasteiger partial charge in [-0.15, -0.1) is 0 Å². The van der Waals surface area contributed by atoms with E-state index in [0.29, 0.717) is 0 Å². The van der Waals surface area contributed by atoms with Crippen molar-refractivity contribution >= 4 is 45.8 Å². The van der Waals surface area contributed by atoms with Gasteiger partial charge in [0, 0.05) is 11.5 Å². The second-order valence-corrected chi connectivity index (χ2v) is 4.11. The Morgan fingerprint density at radius 3 is 2.88 bits per heavy atom. The lowest BCUT2D eigenvalue weighted by Gasteiger charge is -2.02. The van der Waals surface area contributed by atoms with Crippen LogP contribution >= 0.6 is 34.7 Å². The molecule has 16 heavy (non-hydrogen) atoms. The summed E-state index contributed by atoms with van der Waals surface area (Å²) < 4.78 is 3.50. The van der Waals surface area contributed by atoms with E-state index in [9.17, 15) is 4.79 Å². The highest BCUT2D eigenvalue weighted by Crippen LogP contribution is 2.18. The molecular formula is C7H3Cl2N5OS. The Kier molecular flexibility index (Phi) is 3.28. The lowest BCUT2D eigenvalue weighted by molar-refractivity contribution is 0.102. The molecule has 0 saturated heterocycles. The van der Waals surface area contributed by atoms with Gasteiger partial charge in [-0.3, -0.25) is 10.1 Å². The topological polar surface area (TPSA) is 80.7 Å². The minimum atomic E-state index is -0.508. The molecule has 0 aliphatic heterocycles. The molecule has 0 unspecified atom stereocenters. The summed E-state index contributed by atoms with van der Waals surface area (Å²) in [5.41, 5.74) is 0.0318. The van der Waals surface area contributed by atoms with Crippen LogP contribution in [0.25, 0.3) is 0 Å². The van der Waals surface area contributed by atoms with Crippen LogP contribution in [0, 0.1) is 0 Å². The molecule has 0 aliphatic carbocycles. The van der Waals surface area contributed by atoms with Crippen molar-refractivity contribution in [2.75, 3.05) is 5.32 Å². The number of hydrogen-bond acceptors (Lipinski definition) is 6. The summed E-state index contributed by atoms with van der Waals surface area (Å²) in [5.74, 6) is -0.508. The van der Waals surface area contributed by atoms with Crippen molar-refractivity contribution in [3.05, 3.63) is 28.0 Å². The minimum Gasteiger partial charge on any atom is -0.294 e. The van der Waals surface area contributed by atoms with Crippen LogP contribution in [0.2, 0.25) is 10.2 Å². The molecule has 1 amide bonds. The summed E-state index contributed by atoms with van der Waals surface area (Å²) in [7, 11) is 0. The number of pyridine rings is 1. The summed E-state index contributed by atoms with van der Waals surface area (Å²) in [4.78, 5) is 15.5. The minimum absolute atomic E-state index is 0.0318. The van der Waals surface area contributed by atoms with E-state index in [1.165, 1.54) is 12.1 Å². The van der Waals surface area contributed by atoms with E-state index >= 15 is 0 Å². The van der Waals surface area contributed by atoms with Crippen molar-refractivity contribution in [2.24, 2.45) is 0 Å². The van der Waals surface area contributed by atoms with Gasteiger partial charge in [0.25, 0.3) is 5.91 Å². The lowest BCUT2D eigenvalue weighted by atomic mass is 10.3. The standard InChI is InChI=1S/C7H3Cl2N5OS/c8-3-1-2-4(9)10-5(3)6(15)11-7-12-13-14-16-7/h1-2H,(H,11,12,14,15). The molecule has 0 fully saturated rings. The van der Waals surface area contributed by atoms with Crippen molar-refractivity contribution < 1.29 is 4.79 Å². The predicted octanol–water partition coefficient (Wildman–Crippen LogP) is 1.89. The van der Waals surface area contributed by atoms with Crippen LogP contribution in [0.5, 0.6) is 0 Å². The van der Waals surface area contributed by atoms with Crippen molar-refractivity contribution in [3.8, 4) is 0 Å². The number of carbonyl (C=O) groups excluding carboxylic acids is 1. The van der Waals surface area contributed by atoms with E-state index in [4.69, 9.17) is 23.2 Å². The molecule has 2 aromatic rings. The van der Waals surface area contributed by atoms with E-state index in [-0.39, 0.29) is 21.0 Å². The molecule has 1 N–H and O–H groups in total. The maximum absolute atomic E-state index is 11.7. The first-order valence-electron chi connectivity index (χ1n) is 3.95. The van der Waals surface area contributed by atoms with E-state index in [1.54, 1.807) is 0 Å². The SMILES string of the molecule is O=C(Nc1nnns1)c1nc(Cl)ccc1Cl. The molecule has 2 rings (SSSR count). The largest absolute Gasteiger partial charge is 0.294 e. The maximum atomic E-state index is 11.7. The average Bonchev–Trinajstić information content (AvgIpc) is 2.74. The summed E-state index contributed by atoms with van der Waals surface area (Å²) in [6, 6.07) is 2.98. The zero-order valence-corrected chi connectivity index (χ0v) is 9.84. The van der Waals surface area contributed by atoms with Crippen molar-refractivity contribution in [3.63, 3.8) is 0 Å². The zero-order chi connectivity index (χ0) is 11.5. The third-order valence-corrected chi connectivity index (χ3v) is 2.57. The van der Waals surface area contributed by atoms with Crippen molar-refractivity contribution in [1.82, 2.24) is 19.8 Å². The van der Waals surface area contributed by atoms with Crippen LogP contribution < -0.4 is 5.32 Å². The van der Waals surface area contributed by atoms with Crippen LogP contribution in [0.15, 0.2) is 12.1 Å². The van der Waals surface area contributed by atoms with Crippen LogP contribution in [0.4, 0.5) is 5.13 Å². The van der Waals surface area contributed by atoms with Gasteiger partial charge in [0.1, 0.15) is 10.8 Å². The number of aromatic nitrogens is 4. The normalized spacial score (nSPS) is 10.1. The average molecular weight is 276 g/mol. The molecule has 0 aliphatic rings. The summed E-state index contributed by atoms with van der Waals surface area (Å²) >= 11 is 12.4. The van der Waals surface area contributed by atoms with Crippen LogP contribution in [-0.4, -0.2) is 25.7 Å². The van der Waals surface area contributed by atoms with Gasteiger partial charge in [0.2, 0.25) is 5.13 Å². The van der Waals surface area contributed by atoms with Gasteiger partial charge in [0.15, 0.2) is 0 Å². The van der Waals surface area contributed by atoms with Gasteiger partial charge in [-0.1, -0.05) is 32.8 Å². The molecule has 0 atom stereocenters. The molecule has 9 heteroatoms. The number of carbonyl (C=O) groups is 1. The molecule has 2 aromatic heterocycles. The zero-order valence-electron chi connectivity index (χ0n) is 7.52. The molecule has 0 saturated carbocycles. The molecule has 0 bridgehead atoms. The molecular weight excluding hydrogens is 273 g/mol. The number of anilines is 1. The van der Waals surface area contributed by atoms with Crippen molar-refractivity contribution in [1.29, 1.82) is 0 Å². The van der Waals surface area contributed by atoms with Gasteiger partial charge in [0.05, 0.1) is 5.02 Å². The maximum Gasteiger partial charge on any atom is 0.277 e. The molecule has 0 aromatic carbocycles. The number of amides is 1. The highest BCUT2D eigenvalue weighted by Gasteiger charge is 2.14. The number of nitrogens with zero attached hydrogens (tertiary/aromatic N) is 4. The Hall–Kier alpha value is -1.31. The molecule has 0 radical (unpaired) electrons. The number of hydrogen-bond donors (Lipinski definition) is 1. The predicted molar refractivity (Wildman–Crippen MR) is 59.9 cm³/mol. The molecule has 0 spiro atoms. The first kappa shape index (κ1) is 11.2. The monoisotopic (exact) mass is 275 g/mol. The fraction of sp³-hybridized carbons (Fsp3) is 0. The Morgan fingerprint density at radius 1 is 1.38 bits per heavy atom. The Balaban J connectivity index is 2.24. The van der Waals surface area contributed by atoms with Crippen LogP contribution in [0.3, 0.4) is 0 Å². The quantitative estimate of drug-likeness (QED) is 0.847. The highest BCUT2D eigenvalue weighted by atomic mass is 35.5. The second-order valence-electron chi connectivity index (χ2n) is 2.59. The fourth-order valence-corrected chi connectivity index (χ4v) is 1.62. The van der Waals surface area contributed by atoms with Gasteiger partial charge >= 0.3 is 0 Å². The highest BCUT2D eigenvalue weighted by molar-refractivity contribution is 7.09. The fourth-order valence-electron chi connectivity index (χ4n) is 0.916. The summed E-state index contributed by atoms with van der Waals surface area (Å²) in [5, 5.41) is 9.99. The van der Waals surface area contributed by atoms with Crippen LogP contribution in [0.1, 0.15) is 10.5 Å². The van der Waals surface area contributed by atoms with Gasteiger partial charge in [-0.25, -0.2) is 4.98 Å². The first-order chi connectivity index (χ1) is 7.66. The van der Waals surface area contributed by atoms with E-state index in [0.717, 1.165) is 11.5 Å². The van der Waals surface area contributed by atoms with Gasteiger partial charge in [-0.05, 0) is 17.3 Å². The number of rotatable bonds is 2. The summed E-state index contributed by atoms with van der Waals surface area (Å²) in [6.07, 6.45) is 0. The van der Waals surface area contributed by atoms with Gasteiger partial charge in [-0.2, -0.15) is 0 Å². The lowest BCUT2D eigenvalue weighted by Crippen LogP contribution is -2.14. The Labute approximate surface area is 104 Å². The Bertz CT molecular complexity index is 518. The second kappa shape index (κ2) is 4.69. The van der Waals surface area contributed by atoms with Gasteiger partial charge < -0.3 is 0 Å². The smallest absolute Gasteiger partial charge is 0.277 e. The molecule has 6 nitrogen and oxygen atoms in total. The van der Waals surface area contributed by atoms with Crippen LogP contribution in [-0.2, 0) is 0 Å². The molecule has 2 heterocycles. The first-order valence-corrected chi connectivity index (χ1v) is 5.48. The summed E-state index contributed by atoms with van der Waals surface area (Å²) in [6.45, 7) is 0. The third kappa shape index (κ3) is 2.43. The number of nitrogens with one attached hydrogen (secondary N) is 1. The third-order valence-electron chi connectivity index (χ3n) is 1.55. The van der Waals surface area contributed by atoms with E-state index in [1.807, 2.05) is 0 Å².